The van der Waals surface area contributed by atoms with Crippen LogP contribution in [0.4, 0.5) is 5.82 Å². The summed E-state index contributed by atoms with van der Waals surface area (Å²) in [7, 11) is 1.60. The van der Waals surface area contributed by atoms with Crippen LogP contribution in [0.5, 0.6) is 0 Å². The molecule has 0 spiro atoms. The van der Waals surface area contributed by atoms with Gasteiger partial charge >= 0.3 is 0 Å². The molecule has 2 aromatic rings. The molecule has 0 fully saturated rings. The van der Waals surface area contributed by atoms with Gasteiger partial charge in [-0.05, 0) is 12.1 Å². The molecule has 0 saturated carbocycles. The van der Waals surface area contributed by atoms with Crippen molar-refractivity contribution in [3.63, 3.8) is 0 Å². The number of ether oxygens (including phenoxy) is 1. The quantitative estimate of drug-likeness (QED) is 0.861. The molecular formula is C12H12Cl2N4O2. The number of halogens is 2. The van der Waals surface area contributed by atoms with Gasteiger partial charge in [0.1, 0.15) is 17.0 Å². The third-order valence-electron chi connectivity index (χ3n) is 2.58. The molecule has 106 valence electrons. The van der Waals surface area contributed by atoms with Crippen molar-refractivity contribution in [1.29, 1.82) is 0 Å². The smallest absolute Gasteiger partial charge is 0.273 e. The Kier molecular flexibility index (Phi) is 4.94. The summed E-state index contributed by atoms with van der Waals surface area (Å²) in [5.41, 5.74) is 0.479. The summed E-state index contributed by atoms with van der Waals surface area (Å²) in [6.07, 6.45) is 3.02. The summed E-state index contributed by atoms with van der Waals surface area (Å²) in [6.45, 7) is 1.08. The molecule has 0 aliphatic heterocycles. The van der Waals surface area contributed by atoms with Crippen LogP contribution in [0.15, 0.2) is 24.7 Å². The van der Waals surface area contributed by atoms with Gasteiger partial charge in [-0.2, -0.15) is 0 Å². The lowest BCUT2D eigenvalue weighted by atomic mass is 10.4. The van der Waals surface area contributed by atoms with E-state index in [-0.39, 0.29) is 21.9 Å². The normalized spacial score (nSPS) is 10.6. The molecule has 0 radical (unpaired) electrons. The summed E-state index contributed by atoms with van der Waals surface area (Å²) in [5, 5.41) is 2.80. The Hall–Kier alpha value is -1.63. The van der Waals surface area contributed by atoms with Crippen LogP contribution >= 0.6 is 23.2 Å². The highest BCUT2D eigenvalue weighted by Gasteiger charge is 2.15. The van der Waals surface area contributed by atoms with Gasteiger partial charge in [0.05, 0.1) is 6.61 Å². The first-order chi connectivity index (χ1) is 9.63. The Labute approximate surface area is 125 Å². The van der Waals surface area contributed by atoms with Crippen LogP contribution in [-0.2, 0) is 11.3 Å². The van der Waals surface area contributed by atoms with E-state index in [1.165, 1.54) is 6.33 Å². The predicted molar refractivity (Wildman–Crippen MR) is 76.3 cm³/mol. The van der Waals surface area contributed by atoms with E-state index in [0.717, 1.165) is 0 Å². The minimum Gasteiger partial charge on any atom is -0.383 e. The Morgan fingerprint density at radius 1 is 1.45 bits per heavy atom. The molecule has 0 aliphatic rings. The number of rotatable bonds is 5. The molecule has 0 atom stereocenters. The highest BCUT2D eigenvalue weighted by Crippen LogP contribution is 2.25. The molecule has 20 heavy (non-hydrogen) atoms. The van der Waals surface area contributed by atoms with Crippen molar-refractivity contribution in [2.75, 3.05) is 19.0 Å². The Morgan fingerprint density at radius 3 is 3.00 bits per heavy atom. The molecule has 0 unspecified atom stereocenters. The number of hydrogen-bond donors (Lipinski definition) is 1. The minimum absolute atomic E-state index is 0.0896. The van der Waals surface area contributed by atoms with E-state index in [0.29, 0.717) is 18.8 Å². The van der Waals surface area contributed by atoms with Gasteiger partial charge in [-0.15, -0.1) is 0 Å². The highest BCUT2D eigenvalue weighted by molar-refractivity contribution is 6.43. The lowest BCUT2D eigenvalue weighted by molar-refractivity contribution is 0.101. The fraction of sp³-hybridized carbons (Fsp3) is 0.250. The Morgan fingerprint density at radius 2 is 2.25 bits per heavy atom. The van der Waals surface area contributed by atoms with Crippen molar-refractivity contribution in [3.05, 3.63) is 40.5 Å². The first-order valence-corrected chi connectivity index (χ1v) is 6.50. The number of carbonyl (C=O) groups excluding carboxylic acids is 1. The second kappa shape index (κ2) is 6.69. The topological polar surface area (TPSA) is 69.0 Å². The predicted octanol–water partition coefficient (Wildman–Crippen LogP) is 2.48. The Balaban J connectivity index is 2.16. The minimum atomic E-state index is -0.331. The summed E-state index contributed by atoms with van der Waals surface area (Å²) in [6, 6.07) is 3.47. The molecule has 1 amide bonds. The van der Waals surface area contributed by atoms with Crippen LogP contribution in [0.1, 0.15) is 10.5 Å². The van der Waals surface area contributed by atoms with Crippen molar-refractivity contribution in [2.24, 2.45) is 0 Å². The number of nitrogens with one attached hydrogen (secondary N) is 1. The molecule has 0 saturated heterocycles. The van der Waals surface area contributed by atoms with E-state index in [1.807, 2.05) is 0 Å². The average molecular weight is 315 g/mol. The van der Waals surface area contributed by atoms with Crippen molar-refractivity contribution in [2.45, 2.75) is 6.54 Å². The largest absolute Gasteiger partial charge is 0.383 e. The van der Waals surface area contributed by atoms with Gasteiger partial charge in [0.2, 0.25) is 0 Å². The number of methoxy groups -OCH3 is 1. The maximum Gasteiger partial charge on any atom is 0.273 e. The number of hydrogen-bond acceptors (Lipinski definition) is 4. The van der Waals surface area contributed by atoms with Gasteiger partial charge < -0.3 is 14.6 Å². The van der Waals surface area contributed by atoms with E-state index in [4.69, 9.17) is 27.9 Å². The third-order valence-corrected chi connectivity index (χ3v) is 3.32. The monoisotopic (exact) mass is 314 g/mol. The zero-order valence-electron chi connectivity index (χ0n) is 10.6. The van der Waals surface area contributed by atoms with Crippen LogP contribution in [0.25, 0.3) is 0 Å². The first kappa shape index (κ1) is 14.8. The molecule has 0 aliphatic carbocycles. The summed E-state index contributed by atoms with van der Waals surface area (Å²) < 4.78 is 6.76. The van der Waals surface area contributed by atoms with Crippen molar-refractivity contribution in [3.8, 4) is 0 Å². The summed E-state index contributed by atoms with van der Waals surface area (Å²) in [4.78, 5) is 19.8. The molecule has 2 heterocycles. The Bertz CT molecular complexity index is 615. The molecule has 2 aromatic heterocycles. The molecule has 1 N–H and O–H groups in total. The summed E-state index contributed by atoms with van der Waals surface area (Å²) >= 11 is 11.7. The van der Waals surface area contributed by atoms with Gasteiger partial charge in [-0.1, -0.05) is 23.2 Å². The van der Waals surface area contributed by atoms with Gasteiger partial charge in [0.15, 0.2) is 11.0 Å². The molecule has 0 bridgehead atoms. The average Bonchev–Trinajstić information content (AvgIpc) is 2.90. The maximum atomic E-state index is 12.2. The lowest BCUT2D eigenvalue weighted by Crippen LogP contribution is -2.19. The van der Waals surface area contributed by atoms with E-state index in [1.54, 1.807) is 30.0 Å². The fourth-order valence-corrected chi connectivity index (χ4v) is 1.89. The van der Waals surface area contributed by atoms with Crippen molar-refractivity contribution >= 4 is 34.9 Å². The molecule has 0 aromatic carbocycles. The van der Waals surface area contributed by atoms with E-state index < -0.39 is 0 Å². The van der Waals surface area contributed by atoms with Gasteiger partial charge in [-0.3, -0.25) is 4.79 Å². The van der Waals surface area contributed by atoms with Crippen LogP contribution in [-0.4, -0.2) is 34.2 Å². The van der Waals surface area contributed by atoms with Gasteiger partial charge in [0, 0.05) is 19.9 Å². The van der Waals surface area contributed by atoms with Crippen LogP contribution in [0.2, 0.25) is 10.2 Å². The lowest BCUT2D eigenvalue weighted by Gasteiger charge is -2.09. The maximum absolute atomic E-state index is 12.2. The zero-order chi connectivity index (χ0) is 14.5. The summed E-state index contributed by atoms with van der Waals surface area (Å²) in [5.74, 6) is -0.154. The van der Waals surface area contributed by atoms with Gasteiger partial charge in [0.25, 0.3) is 5.91 Å². The SMILES string of the molecule is COCCn1cccc1C(=O)Nc1ncnc(Cl)c1Cl. The molecule has 6 nitrogen and oxygen atoms in total. The van der Waals surface area contributed by atoms with Crippen LogP contribution in [0.3, 0.4) is 0 Å². The second-order valence-corrected chi connectivity index (χ2v) is 4.60. The van der Waals surface area contributed by atoms with Crippen LogP contribution in [0, 0.1) is 0 Å². The standard InChI is InChI=1S/C12H12Cl2N4O2/c1-20-6-5-18-4-2-3-8(18)12(19)17-11-9(13)10(14)15-7-16-11/h2-4,7H,5-6H2,1H3,(H,15,16,17,19). The number of aromatic nitrogens is 3. The number of nitrogens with zero attached hydrogens (tertiary/aromatic N) is 3. The van der Waals surface area contributed by atoms with Crippen molar-refractivity contribution < 1.29 is 9.53 Å². The van der Waals surface area contributed by atoms with Crippen molar-refractivity contribution in [1.82, 2.24) is 14.5 Å². The number of carbonyl (C=O) groups is 1. The third kappa shape index (κ3) is 3.27. The fourth-order valence-electron chi connectivity index (χ4n) is 1.61. The van der Waals surface area contributed by atoms with Crippen LogP contribution < -0.4 is 5.32 Å². The van der Waals surface area contributed by atoms with E-state index in [9.17, 15) is 4.79 Å². The molecule has 2 rings (SSSR count). The molecular weight excluding hydrogens is 303 g/mol. The first-order valence-electron chi connectivity index (χ1n) is 5.75. The number of anilines is 1. The highest BCUT2D eigenvalue weighted by atomic mass is 35.5. The molecule has 8 heteroatoms. The number of amides is 1. The second-order valence-electron chi connectivity index (χ2n) is 3.86. The van der Waals surface area contributed by atoms with Gasteiger partial charge in [-0.25, -0.2) is 9.97 Å². The van der Waals surface area contributed by atoms with E-state index in [2.05, 4.69) is 15.3 Å². The van der Waals surface area contributed by atoms with E-state index >= 15 is 0 Å². The zero-order valence-corrected chi connectivity index (χ0v) is 12.1.